The third-order valence-corrected chi connectivity index (χ3v) is 1.82. The molecule has 0 saturated carbocycles. The molecule has 0 aromatic carbocycles. The van der Waals surface area contributed by atoms with Crippen LogP contribution in [-0.4, -0.2) is 10.8 Å². The molecule has 0 saturated heterocycles. The van der Waals surface area contributed by atoms with Gasteiger partial charge in [0.15, 0.2) is 0 Å². The van der Waals surface area contributed by atoms with Crippen LogP contribution in [0.5, 0.6) is 0 Å². The average Bonchev–Trinajstić information content (AvgIpc) is 1.64. The zero-order valence-electron chi connectivity index (χ0n) is 4.83. The van der Waals surface area contributed by atoms with Crippen LogP contribution in [0.25, 0.3) is 0 Å². The highest BCUT2D eigenvalue weighted by atomic mass is 79.9. The first-order valence-electron chi connectivity index (χ1n) is 2.16. The van der Waals surface area contributed by atoms with E-state index in [0.29, 0.717) is 10.2 Å². The van der Waals surface area contributed by atoms with Gasteiger partial charge in [0.25, 0.3) is 0 Å². The second-order valence-electron chi connectivity index (χ2n) is 1.52. The summed E-state index contributed by atoms with van der Waals surface area (Å²) in [6.07, 6.45) is 0. The van der Waals surface area contributed by atoms with Crippen LogP contribution >= 0.6 is 15.9 Å². The average molecular weight is 178 g/mol. The van der Waals surface area contributed by atoms with E-state index in [9.17, 15) is 0 Å². The minimum Gasteiger partial charge on any atom is -0.511 e. The molecule has 2 N–H and O–H groups in total. The van der Waals surface area contributed by atoms with Gasteiger partial charge in [-0.25, -0.2) is 0 Å². The van der Waals surface area contributed by atoms with Crippen molar-refractivity contribution in [3.8, 4) is 0 Å². The Morgan fingerprint density at radius 2 is 1.88 bits per heavy atom. The van der Waals surface area contributed by atoms with Crippen molar-refractivity contribution in [2.24, 2.45) is 0 Å². The fourth-order valence-electron chi connectivity index (χ4n) is 0.271. The van der Waals surface area contributed by atoms with Crippen molar-refractivity contribution in [1.29, 1.82) is 5.41 Å². The lowest BCUT2D eigenvalue weighted by Crippen LogP contribution is -1.89. The van der Waals surface area contributed by atoms with E-state index in [2.05, 4.69) is 15.9 Å². The minimum absolute atomic E-state index is 0.150. The summed E-state index contributed by atoms with van der Waals surface area (Å²) in [5.41, 5.74) is 0.338. The molecule has 0 aliphatic heterocycles. The van der Waals surface area contributed by atoms with Crippen molar-refractivity contribution in [3.63, 3.8) is 0 Å². The lowest BCUT2D eigenvalue weighted by atomic mass is 10.3. The molecular formula is C5H8BrNO. The predicted octanol–water partition coefficient (Wildman–Crippen LogP) is 2.21. The van der Waals surface area contributed by atoms with Gasteiger partial charge in [-0.1, -0.05) is 0 Å². The number of hydrogen-bond donors (Lipinski definition) is 2. The second kappa shape index (κ2) is 2.87. The zero-order valence-corrected chi connectivity index (χ0v) is 6.41. The topological polar surface area (TPSA) is 44.1 Å². The first-order valence-corrected chi connectivity index (χ1v) is 2.96. The Morgan fingerprint density at radius 3 is 1.88 bits per heavy atom. The molecule has 0 fully saturated rings. The first-order chi connectivity index (χ1) is 3.55. The molecule has 0 atom stereocenters. The number of hydrogen-bond acceptors (Lipinski definition) is 2. The van der Waals surface area contributed by atoms with Gasteiger partial charge in [-0.3, -0.25) is 0 Å². The van der Waals surface area contributed by atoms with Crippen molar-refractivity contribution in [1.82, 2.24) is 0 Å². The molecule has 0 heterocycles. The molecule has 0 aromatic heterocycles. The van der Waals surface area contributed by atoms with Crippen molar-refractivity contribution in [2.75, 3.05) is 0 Å². The van der Waals surface area contributed by atoms with E-state index in [0.717, 1.165) is 0 Å². The highest BCUT2D eigenvalue weighted by Gasteiger charge is 1.96. The lowest BCUT2D eigenvalue weighted by Gasteiger charge is -1.93. The fourth-order valence-corrected chi connectivity index (χ4v) is 0.271. The quantitative estimate of drug-likeness (QED) is 0.469. The number of aliphatic hydroxyl groups excluding tert-OH is 1. The molecule has 8 heavy (non-hydrogen) atoms. The molecule has 0 bridgehead atoms. The summed E-state index contributed by atoms with van der Waals surface area (Å²) in [7, 11) is 0. The molecule has 0 amide bonds. The molecule has 0 aromatic rings. The van der Waals surface area contributed by atoms with Crippen LogP contribution in [0.4, 0.5) is 0 Å². The normalized spacial score (nSPS) is 12.9. The Labute approximate surface area is 56.9 Å². The standard InChI is InChI=1S/C5H8BrNO/c1-3(7)5(6)4(2)8/h7-8H,1-2H3/b5-4+,7-3?. The van der Waals surface area contributed by atoms with Crippen LogP contribution in [0, 0.1) is 5.41 Å². The largest absolute Gasteiger partial charge is 0.511 e. The van der Waals surface area contributed by atoms with Crippen molar-refractivity contribution in [3.05, 3.63) is 10.2 Å². The maximum atomic E-state index is 8.68. The molecule has 46 valence electrons. The molecular weight excluding hydrogens is 170 g/mol. The summed E-state index contributed by atoms with van der Waals surface area (Å²) in [6.45, 7) is 3.13. The second-order valence-corrected chi connectivity index (χ2v) is 2.32. The minimum atomic E-state index is 0.150. The van der Waals surface area contributed by atoms with Gasteiger partial charge in [0.2, 0.25) is 0 Å². The van der Waals surface area contributed by atoms with E-state index in [1.807, 2.05) is 0 Å². The van der Waals surface area contributed by atoms with E-state index in [1.54, 1.807) is 6.92 Å². The fraction of sp³-hybridized carbons (Fsp3) is 0.400. The van der Waals surface area contributed by atoms with Crippen LogP contribution in [-0.2, 0) is 0 Å². The van der Waals surface area contributed by atoms with E-state index < -0.39 is 0 Å². The van der Waals surface area contributed by atoms with Crippen molar-refractivity contribution < 1.29 is 5.11 Å². The van der Waals surface area contributed by atoms with Gasteiger partial charge in [0.1, 0.15) is 5.76 Å². The van der Waals surface area contributed by atoms with Crippen LogP contribution in [0.15, 0.2) is 10.2 Å². The summed E-state index contributed by atoms with van der Waals surface area (Å²) in [5.74, 6) is 0.150. The summed E-state index contributed by atoms with van der Waals surface area (Å²) in [4.78, 5) is 0. The smallest absolute Gasteiger partial charge is 0.105 e. The predicted molar refractivity (Wildman–Crippen MR) is 37.7 cm³/mol. The van der Waals surface area contributed by atoms with Gasteiger partial charge < -0.3 is 10.5 Å². The Hall–Kier alpha value is -0.310. The van der Waals surface area contributed by atoms with Gasteiger partial charge >= 0.3 is 0 Å². The van der Waals surface area contributed by atoms with E-state index >= 15 is 0 Å². The third kappa shape index (κ3) is 2.12. The monoisotopic (exact) mass is 177 g/mol. The van der Waals surface area contributed by atoms with Crippen molar-refractivity contribution in [2.45, 2.75) is 13.8 Å². The lowest BCUT2D eigenvalue weighted by molar-refractivity contribution is 0.414. The summed E-state index contributed by atoms with van der Waals surface area (Å²) >= 11 is 3.01. The Morgan fingerprint density at radius 1 is 1.50 bits per heavy atom. The highest BCUT2D eigenvalue weighted by molar-refractivity contribution is 9.12. The molecule has 0 aliphatic rings. The summed E-state index contributed by atoms with van der Waals surface area (Å²) in [6, 6.07) is 0. The van der Waals surface area contributed by atoms with Gasteiger partial charge in [-0.15, -0.1) is 0 Å². The maximum absolute atomic E-state index is 8.68. The molecule has 0 unspecified atom stereocenters. The van der Waals surface area contributed by atoms with Crippen LogP contribution in [0.3, 0.4) is 0 Å². The molecule has 2 nitrogen and oxygen atoms in total. The number of nitrogens with one attached hydrogen (secondary N) is 1. The van der Waals surface area contributed by atoms with E-state index in [1.165, 1.54) is 6.92 Å². The third-order valence-electron chi connectivity index (χ3n) is 0.647. The number of halogens is 1. The number of rotatable bonds is 1. The zero-order chi connectivity index (χ0) is 6.73. The molecule has 0 rings (SSSR count). The van der Waals surface area contributed by atoms with Gasteiger partial charge in [-0.05, 0) is 29.8 Å². The molecule has 0 spiro atoms. The van der Waals surface area contributed by atoms with Gasteiger partial charge in [-0.2, -0.15) is 0 Å². The highest BCUT2D eigenvalue weighted by Crippen LogP contribution is 2.09. The number of aliphatic hydroxyl groups is 1. The van der Waals surface area contributed by atoms with E-state index in [4.69, 9.17) is 10.5 Å². The Kier molecular flexibility index (Phi) is 2.76. The van der Waals surface area contributed by atoms with Crippen LogP contribution in [0.1, 0.15) is 13.8 Å². The van der Waals surface area contributed by atoms with E-state index in [-0.39, 0.29) is 5.76 Å². The molecule has 0 radical (unpaired) electrons. The Balaban J connectivity index is 4.23. The first kappa shape index (κ1) is 7.69. The van der Waals surface area contributed by atoms with Crippen LogP contribution in [0.2, 0.25) is 0 Å². The SMILES string of the molecule is CC(=N)/C(Br)=C(/C)O. The number of allylic oxidation sites excluding steroid dienone is 2. The molecule has 3 heteroatoms. The van der Waals surface area contributed by atoms with Gasteiger partial charge in [0.05, 0.1) is 4.48 Å². The Bertz CT molecular complexity index is 135. The van der Waals surface area contributed by atoms with Crippen molar-refractivity contribution >= 4 is 21.6 Å². The maximum Gasteiger partial charge on any atom is 0.105 e. The molecule has 0 aliphatic carbocycles. The summed E-state index contributed by atoms with van der Waals surface area (Å²) in [5, 5.41) is 15.6. The van der Waals surface area contributed by atoms with Crippen LogP contribution < -0.4 is 0 Å². The van der Waals surface area contributed by atoms with Gasteiger partial charge in [0, 0.05) is 5.71 Å². The summed E-state index contributed by atoms with van der Waals surface area (Å²) < 4.78 is 0.470.